The van der Waals surface area contributed by atoms with E-state index in [1.165, 1.54) is 19.3 Å². The Hall–Kier alpha value is -3.87. The molecular formula is C22H20N2O5. The summed E-state index contributed by atoms with van der Waals surface area (Å²) in [5.74, 6) is -1.36. The Balaban J connectivity index is 2.07. The summed E-state index contributed by atoms with van der Waals surface area (Å²) in [7, 11) is 1.40. The fourth-order valence-corrected chi connectivity index (χ4v) is 3.06. The molecule has 0 aromatic heterocycles. The Morgan fingerprint density at radius 1 is 1.21 bits per heavy atom. The zero-order valence-corrected chi connectivity index (χ0v) is 16.1. The molecule has 4 amide bonds. The zero-order valence-electron chi connectivity index (χ0n) is 16.1. The van der Waals surface area contributed by atoms with Crippen LogP contribution in [0.3, 0.4) is 0 Å². The highest BCUT2D eigenvalue weighted by Gasteiger charge is 2.36. The zero-order chi connectivity index (χ0) is 21.1. The van der Waals surface area contributed by atoms with Crippen molar-refractivity contribution in [2.45, 2.75) is 13.3 Å². The molecular weight excluding hydrogens is 372 g/mol. The number of methoxy groups -OCH3 is 1. The summed E-state index contributed by atoms with van der Waals surface area (Å²) in [5, 5.41) is 12.4. The first-order chi connectivity index (χ1) is 13.8. The molecule has 0 bridgehead atoms. The molecule has 1 fully saturated rings. The van der Waals surface area contributed by atoms with Gasteiger partial charge in [0.2, 0.25) is 0 Å². The number of ether oxygens (including phenoxy) is 1. The first-order valence-electron chi connectivity index (χ1n) is 8.84. The van der Waals surface area contributed by atoms with E-state index < -0.39 is 17.8 Å². The first-order valence-corrected chi connectivity index (χ1v) is 8.84. The second-order valence-corrected chi connectivity index (χ2v) is 6.52. The largest absolute Gasteiger partial charge is 0.504 e. The molecule has 0 radical (unpaired) electrons. The van der Waals surface area contributed by atoms with E-state index in [-0.39, 0.29) is 17.1 Å². The van der Waals surface area contributed by atoms with Gasteiger partial charge in [-0.1, -0.05) is 18.2 Å². The highest BCUT2D eigenvalue weighted by molar-refractivity contribution is 6.39. The van der Waals surface area contributed by atoms with Crippen LogP contribution in [0.15, 0.2) is 54.6 Å². The number of phenolic OH excluding ortho intramolecular Hbond substituents is 1. The summed E-state index contributed by atoms with van der Waals surface area (Å²) >= 11 is 0. The van der Waals surface area contributed by atoms with E-state index in [9.17, 15) is 19.5 Å². The van der Waals surface area contributed by atoms with Crippen molar-refractivity contribution in [1.82, 2.24) is 5.32 Å². The lowest BCUT2D eigenvalue weighted by atomic mass is 10.0. The number of amides is 4. The van der Waals surface area contributed by atoms with Crippen LogP contribution >= 0.6 is 0 Å². The van der Waals surface area contributed by atoms with Gasteiger partial charge < -0.3 is 9.84 Å². The molecule has 1 aliphatic rings. The van der Waals surface area contributed by atoms with Crippen LogP contribution in [-0.2, 0) is 16.0 Å². The molecule has 2 N–H and O–H groups in total. The van der Waals surface area contributed by atoms with Crippen LogP contribution in [0.5, 0.6) is 11.5 Å². The number of barbiturate groups is 1. The van der Waals surface area contributed by atoms with Gasteiger partial charge in [-0.2, -0.15) is 0 Å². The molecule has 0 unspecified atom stereocenters. The molecule has 148 valence electrons. The predicted molar refractivity (Wildman–Crippen MR) is 109 cm³/mol. The van der Waals surface area contributed by atoms with E-state index in [1.807, 2.05) is 13.0 Å². The average Bonchev–Trinajstić information content (AvgIpc) is 2.67. The minimum atomic E-state index is -0.807. The molecule has 0 atom stereocenters. The van der Waals surface area contributed by atoms with Crippen LogP contribution < -0.4 is 15.0 Å². The second-order valence-electron chi connectivity index (χ2n) is 6.52. The highest BCUT2D eigenvalue weighted by atomic mass is 16.5. The number of hydrogen-bond donors (Lipinski definition) is 2. The number of hydrogen-bond acceptors (Lipinski definition) is 5. The molecule has 0 aliphatic carbocycles. The average molecular weight is 392 g/mol. The summed E-state index contributed by atoms with van der Waals surface area (Å²) in [6.07, 6.45) is 3.34. The molecule has 7 nitrogen and oxygen atoms in total. The van der Waals surface area contributed by atoms with Crippen LogP contribution in [0, 0.1) is 6.92 Å². The van der Waals surface area contributed by atoms with Gasteiger partial charge >= 0.3 is 6.03 Å². The fourth-order valence-electron chi connectivity index (χ4n) is 3.06. The van der Waals surface area contributed by atoms with Crippen LogP contribution in [0.4, 0.5) is 10.5 Å². The Labute approximate surface area is 167 Å². The summed E-state index contributed by atoms with van der Waals surface area (Å²) < 4.78 is 5.17. The lowest BCUT2D eigenvalue weighted by Gasteiger charge is -2.26. The van der Waals surface area contributed by atoms with E-state index in [2.05, 4.69) is 11.9 Å². The van der Waals surface area contributed by atoms with Crippen molar-refractivity contribution in [3.63, 3.8) is 0 Å². The lowest BCUT2D eigenvalue weighted by Crippen LogP contribution is -2.54. The topological polar surface area (TPSA) is 95.9 Å². The van der Waals surface area contributed by atoms with Gasteiger partial charge in [0.05, 0.1) is 12.8 Å². The van der Waals surface area contributed by atoms with E-state index >= 15 is 0 Å². The van der Waals surface area contributed by atoms with Gasteiger partial charge in [0, 0.05) is 5.56 Å². The van der Waals surface area contributed by atoms with Crippen molar-refractivity contribution in [2.75, 3.05) is 12.0 Å². The number of urea groups is 1. The third-order valence-corrected chi connectivity index (χ3v) is 4.43. The molecule has 29 heavy (non-hydrogen) atoms. The number of imide groups is 2. The molecule has 0 saturated carbocycles. The number of phenols is 1. The van der Waals surface area contributed by atoms with Gasteiger partial charge in [-0.15, -0.1) is 6.58 Å². The number of allylic oxidation sites excluding steroid dienone is 1. The molecule has 7 heteroatoms. The van der Waals surface area contributed by atoms with Crippen molar-refractivity contribution in [3.05, 3.63) is 71.3 Å². The van der Waals surface area contributed by atoms with Crippen LogP contribution in [-0.4, -0.2) is 30.1 Å². The van der Waals surface area contributed by atoms with Crippen LogP contribution in [0.2, 0.25) is 0 Å². The van der Waals surface area contributed by atoms with E-state index in [1.54, 1.807) is 30.3 Å². The second kappa shape index (κ2) is 8.02. The van der Waals surface area contributed by atoms with E-state index in [0.29, 0.717) is 23.2 Å². The fraction of sp³-hybridized carbons (Fsp3) is 0.136. The number of rotatable bonds is 5. The molecule has 1 aliphatic heterocycles. The van der Waals surface area contributed by atoms with Crippen molar-refractivity contribution < 1.29 is 24.2 Å². The summed E-state index contributed by atoms with van der Waals surface area (Å²) in [5.41, 5.74) is 2.02. The van der Waals surface area contributed by atoms with Crippen LogP contribution in [0.1, 0.15) is 16.7 Å². The molecule has 1 heterocycles. The van der Waals surface area contributed by atoms with Gasteiger partial charge in [-0.05, 0) is 54.8 Å². The monoisotopic (exact) mass is 392 g/mol. The Morgan fingerprint density at radius 3 is 2.62 bits per heavy atom. The third kappa shape index (κ3) is 3.89. The maximum Gasteiger partial charge on any atom is 0.335 e. The number of nitrogens with zero attached hydrogens (tertiary/aromatic N) is 1. The number of anilines is 1. The smallest absolute Gasteiger partial charge is 0.335 e. The molecule has 2 aromatic rings. The number of benzene rings is 2. The number of carbonyl (C=O) groups is 3. The minimum Gasteiger partial charge on any atom is -0.504 e. The first kappa shape index (κ1) is 19.9. The Bertz CT molecular complexity index is 1060. The van der Waals surface area contributed by atoms with Gasteiger partial charge in [0.15, 0.2) is 11.5 Å². The molecule has 1 saturated heterocycles. The van der Waals surface area contributed by atoms with Gasteiger partial charge in [0.25, 0.3) is 11.8 Å². The maximum atomic E-state index is 13.0. The Morgan fingerprint density at radius 2 is 1.97 bits per heavy atom. The molecule has 0 spiro atoms. The van der Waals surface area contributed by atoms with Crippen molar-refractivity contribution in [1.29, 1.82) is 0 Å². The number of carbonyl (C=O) groups excluding carboxylic acids is 3. The maximum absolute atomic E-state index is 13.0. The standard InChI is InChI=1S/C22H20N2O5/c1-4-6-15-10-14(12-18(29-3)19(15)25)11-17-20(26)23-22(28)24(21(17)27)16-8-5-7-13(2)9-16/h4-5,7-12,25H,1,6H2,2-3H3,(H,23,26,28)/b17-11-. The summed E-state index contributed by atoms with van der Waals surface area (Å²) in [6.45, 7) is 5.49. The molecule has 3 rings (SSSR count). The van der Waals surface area contributed by atoms with Crippen molar-refractivity contribution in [2.24, 2.45) is 0 Å². The summed E-state index contributed by atoms with van der Waals surface area (Å²) in [6, 6.07) is 9.17. The van der Waals surface area contributed by atoms with Gasteiger partial charge in [0.1, 0.15) is 5.57 Å². The lowest BCUT2D eigenvalue weighted by molar-refractivity contribution is -0.122. The summed E-state index contributed by atoms with van der Waals surface area (Å²) in [4.78, 5) is 38.5. The minimum absolute atomic E-state index is 0.0365. The normalized spacial score (nSPS) is 15.4. The SMILES string of the molecule is C=CCc1cc(/C=C2/C(=O)NC(=O)N(c3cccc(C)c3)C2=O)cc(OC)c1O. The van der Waals surface area contributed by atoms with E-state index in [4.69, 9.17) is 4.74 Å². The number of aromatic hydroxyl groups is 1. The predicted octanol–water partition coefficient (Wildman–Crippen LogP) is 3.10. The number of aryl methyl sites for hydroxylation is 1. The number of nitrogens with one attached hydrogen (secondary N) is 1. The Kier molecular flexibility index (Phi) is 5.50. The van der Waals surface area contributed by atoms with E-state index in [0.717, 1.165) is 10.5 Å². The van der Waals surface area contributed by atoms with Crippen LogP contribution in [0.25, 0.3) is 6.08 Å². The highest BCUT2D eigenvalue weighted by Crippen LogP contribution is 2.33. The molecule has 2 aromatic carbocycles. The third-order valence-electron chi connectivity index (χ3n) is 4.43. The van der Waals surface area contributed by atoms with Gasteiger partial charge in [-0.3, -0.25) is 14.9 Å². The van der Waals surface area contributed by atoms with Crippen molar-refractivity contribution in [3.8, 4) is 11.5 Å². The van der Waals surface area contributed by atoms with Gasteiger partial charge in [-0.25, -0.2) is 9.69 Å². The van der Waals surface area contributed by atoms with Crippen molar-refractivity contribution >= 4 is 29.6 Å². The quantitative estimate of drug-likeness (QED) is 0.463.